The van der Waals surface area contributed by atoms with Crippen LogP contribution in [0.5, 0.6) is 11.5 Å². The number of halogens is 1. The van der Waals surface area contributed by atoms with Gasteiger partial charge in [0.2, 0.25) is 11.8 Å². The third-order valence-electron chi connectivity index (χ3n) is 7.59. The van der Waals surface area contributed by atoms with Crippen LogP contribution in [0.2, 0.25) is 0 Å². The fourth-order valence-electron chi connectivity index (χ4n) is 4.97. The molecule has 244 valence electrons. The predicted octanol–water partition coefficient (Wildman–Crippen LogP) is 5.21. The molecule has 0 bridgehead atoms. The minimum absolute atomic E-state index is 0.0264. The van der Waals surface area contributed by atoms with Crippen LogP contribution < -0.4 is 20.3 Å². The van der Waals surface area contributed by atoms with E-state index in [1.54, 1.807) is 31.2 Å². The molecule has 0 aromatic heterocycles. The lowest BCUT2D eigenvalue weighted by molar-refractivity contribution is -0.305. The average molecular weight is 641 g/mol. The number of Topliss-reactive ketones (excluding diaryl/α,β-unsaturated/α-hetero) is 1. The number of ketones is 1. The van der Waals surface area contributed by atoms with Gasteiger partial charge in [0.1, 0.15) is 36.6 Å². The fourth-order valence-corrected chi connectivity index (χ4v) is 4.97. The maximum Gasteiger partial charge on any atom is 0.249 e. The molecular weight excluding hydrogens is 603 g/mol. The number of rotatable bonds is 14. The molecule has 0 aliphatic carbocycles. The van der Waals surface area contributed by atoms with Gasteiger partial charge in [-0.1, -0.05) is 30.3 Å². The van der Waals surface area contributed by atoms with Crippen molar-refractivity contribution in [2.75, 3.05) is 49.5 Å². The second-order valence-corrected chi connectivity index (χ2v) is 11.1. The highest BCUT2D eigenvalue weighted by Gasteiger charge is 2.25. The molecule has 2 amide bonds. The summed E-state index contributed by atoms with van der Waals surface area (Å²) in [4.78, 5) is 52.9. The van der Waals surface area contributed by atoms with Crippen LogP contribution in [0.4, 0.5) is 15.8 Å². The van der Waals surface area contributed by atoms with Crippen molar-refractivity contribution >= 4 is 29.0 Å². The molecule has 1 aliphatic heterocycles. The van der Waals surface area contributed by atoms with Gasteiger partial charge < -0.3 is 20.3 Å². The minimum Gasteiger partial charge on any atom is -0.457 e. The summed E-state index contributed by atoms with van der Waals surface area (Å²) in [6.07, 6.45) is 0. The molecule has 1 heterocycles. The molecule has 1 unspecified atom stereocenters. The third kappa shape index (κ3) is 10.2. The van der Waals surface area contributed by atoms with E-state index in [4.69, 9.17) is 14.5 Å². The quantitative estimate of drug-likeness (QED) is 0.0837. The van der Waals surface area contributed by atoms with E-state index in [2.05, 4.69) is 15.5 Å². The van der Waals surface area contributed by atoms with Crippen molar-refractivity contribution in [1.82, 2.24) is 10.2 Å². The minimum atomic E-state index is -1.03. The first kappa shape index (κ1) is 33.3. The third-order valence-corrected chi connectivity index (χ3v) is 7.59. The largest absolute Gasteiger partial charge is 0.457 e. The smallest absolute Gasteiger partial charge is 0.249 e. The molecule has 1 aliphatic rings. The van der Waals surface area contributed by atoms with Crippen LogP contribution in [0.15, 0.2) is 103 Å². The van der Waals surface area contributed by atoms with Gasteiger partial charge in [-0.3, -0.25) is 19.3 Å². The van der Waals surface area contributed by atoms with Crippen molar-refractivity contribution in [2.24, 2.45) is 0 Å². The van der Waals surface area contributed by atoms with E-state index in [-0.39, 0.29) is 37.3 Å². The second kappa shape index (κ2) is 16.5. The van der Waals surface area contributed by atoms with E-state index in [1.807, 2.05) is 59.5 Å². The average Bonchev–Trinajstić information content (AvgIpc) is 3.09. The molecule has 2 N–H and O–H groups in total. The Kier molecular flexibility index (Phi) is 11.6. The van der Waals surface area contributed by atoms with Crippen molar-refractivity contribution in [3.63, 3.8) is 0 Å². The first-order chi connectivity index (χ1) is 22.8. The van der Waals surface area contributed by atoms with Gasteiger partial charge in [0.05, 0.1) is 6.54 Å². The number of amides is 2. The normalized spacial score (nSPS) is 13.9. The van der Waals surface area contributed by atoms with E-state index in [1.165, 1.54) is 24.3 Å². The van der Waals surface area contributed by atoms with Crippen LogP contribution in [0.25, 0.3) is 0 Å². The summed E-state index contributed by atoms with van der Waals surface area (Å²) in [7, 11) is 0. The Labute approximate surface area is 273 Å². The number of nitrogens with zero attached hydrogens (tertiary/aromatic N) is 2. The van der Waals surface area contributed by atoms with Gasteiger partial charge in [0, 0.05) is 43.1 Å². The summed E-state index contributed by atoms with van der Waals surface area (Å²) in [6.45, 7) is 4.37. The highest BCUT2D eigenvalue weighted by Crippen LogP contribution is 2.23. The van der Waals surface area contributed by atoms with Gasteiger partial charge in [0.15, 0.2) is 5.78 Å². The van der Waals surface area contributed by atoms with E-state index in [0.29, 0.717) is 48.9 Å². The molecule has 1 fully saturated rings. The number of anilines is 2. The summed E-state index contributed by atoms with van der Waals surface area (Å²) < 4.78 is 18.9. The summed E-state index contributed by atoms with van der Waals surface area (Å²) >= 11 is 0. The molecule has 4 aromatic rings. The number of nitrogens with one attached hydrogen (secondary N) is 2. The van der Waals surface area contributed by atoms with Gasteiger partial charge in [0.25, 0.3) is 0 Å². The first-order valence-electron chi connectivity index (χ1n) is 15.3. The number of benzene rings is 4. The monoisotopic (exact) mass is 640 g/mol. The number of carbonyl (C=O) groups is 3. The van der Waals surface area contributed by atoms with Gasteiger partial charge >= 0.3 is 0 Å². The maximum atomic E-state index is 13.3. The van der Waals surface area contributed by atoms with Crippen LogP contribution in [0.3, 0.4) is 0 Å². The number of hydrogen-bond donors (Lipinski definition) is 2. The van der Waals surface area contributed by atoms with Gasteiger partial charge in [-0.2, -0.15) is 0 Å². The van der Waals surface area contributed by atoms with E-state index in [9.17, 15) is 18.8 Å². The Morgan fingerprint density at radius 2 is 1.43 bits per heavy atom. The van der Waals surface area contributed by atoms with E-state index in [0.717, 1.165) is 11.3 Å². The van der Waals surface area contributed by atoms with E-state index < -0.39 is 11.9 Å². The lowest BCUT2D eigenvalue weighted by atomic mass is 10.1. The number of hydrogen-bond acceptors (Lipinski definition) is 8. The number of carbonyl (C=O) groups excluding carboxylic acids is 3. The summed E-state index contributed by atoms with van der Waals surface area (Å²) in [5.74, 6) is -0.151. The van der Waals surface area contributed by atoms with Crippen molar-refractivity contribution in [3.8, 4) is 11.5 Å². The van der Waals surface area contributed by atoms with Crippen LogP contribution in [0, 0.1) is 5.82 Å². The zero-order valence-electron chi connectivity index (χ0n) is 26.1. The Morgan fingerprint density at radius 1 is 0.787 bits per heavy atom. The number of piperazine rings is 1. The van der Waals surface area contributed by atoms with Crippen molar-refractivity contribution in [3.05, 3.63) is 120 Å². The Morgan fingerprint density at radius 3 is 2.06 bits per heavy atom. The summed E-state index contributed by atoms with van der Waals surface area (Å²) in [5, 5.41) is 5.60. The first-order valence-corrected chi connectivity index (χ1v) is 15.3. The highest BCUT2D eigenvalue weighted by atomic mass is 19.1. The molecule has 0 radical (unpaired) electrons. The second-order valence-electron chi connectivity index (χ2n) is 11.1. The van der Waals surface area contributed by atoms with Crippen LogP contribution in [0.1, 0.15) is 22.8 Å². The van der Waals surface area contributed by atoms with Crippen molar-refractivity contribution in [1.29, 1.82) is 0 Å². The lowest BCUT2D eigenvalue weighted by Crippen LogP contribution is -2.53. The van der Waals surface area contributed by atoms with Crippen LogP contribution in [-0.2, 0) is 26.0 Å². The van der Waals surface area contributed by atoms with Gasteiger partial charge in [-0.15, -0.1) is 0 Å². The molecule has 1 atom stereocenters. The van der Waals surface area contributed by atoms with Crippen LogP contribution in [-0.4, -0.2) is 67.9 Å². The summed E-state index contributed by atoms with van der Waals surface area (Å²) in [6, 6.07) is 28.3. The molecule has 10 nitrogen and oxygen atoms in total. The van der Waals surface area contributed by atoms with E-state index >= 15 is 0 Å². The molecule has 1 saturated heterocycles. The maximum absolute atomic E-state index is 13.3. The van der Waals surface area contributed by atoms with Crippen molar-refractivity contribution < 1.29 is 33.3 Å². The SMILES string of the molecule is CC(=O)c1ccc(N2CCN(CC(=O)NC(COOCc3ccccc3)C(=O)Nc3ccc(Oc4ccc(F)cc4)cc3)CC2)cc1. The molecular formula is C36H37FN4O6. The molecule has 0 spiro atoms. The van der Waals surface area contributed by atoms with Gasteiger partial charge in [-0.25, -0.2) is 14.2 Å². The highest BCUT2D eigenvalue weighted by molar-refractivity contribution is 5.97. The van der Waals surface area contributed by atoms with Crippen LogP contribution >= 0.6 is 0 Å². The predicted molar refractivity (Wildman–Crippen MR) is 176 cm³/mol. The zero-order chi connectivity index (χ0) is 33.0. The Hall–Kier alpha value is -5.10. The topological polar surface area (TPSA) is 109 Å². The molecule has 11 heteroatoms. The van der Waals surface area contributed by atoms with Crippen molar-refractivity contribution in [2.45, 2.75) is 19.6 Å². The lowest BCUT2D eigenvalue weighted by Gasteiger charge is -2.36. The zero-order valence-corrected chi connectivity index (χ0v) is 26.1. The number of ether oxygens (including phenoxy) is 1. The molecule has 5 rings (SSSR count). The molecule has 47 heavy (non-hydrogen) atoms. The fraction of sp³-hybridized carbons (Fsp3) is 0.250. The molecule has 0 saturated carbocycles. The standard InChI is InChI=1S/C36H37FN4O6/c1-26(42)28-7-13-31(14-8-28)41-21-19-40(20-22-41)23-35(43)39-34(25-46-45-24-27-5-3-2-4-6-27)36(44)38-30-11-17-33(18-12-30)47-32-15-9-29(37)10-16-32/h2-18,34H,19-25H2,1H3,(H,38,44)(H,39,43). The van der Waals surface area contributed by atoms with Gasteiger partial charge in [-0.05, 0) is 85.3 Å². The summed E-state index contributed by atoms with van der Waals surface area (Å²) in [5.41, 5.74) is 3.08. The Bertz CT molecular complexity index is 1610. The Balaban J connectivity index is 1.14. The molecule has 4 aromatic carbocycles.